The summed E-state index contributed by atoms with van der Waals surface area (Å²) in [7, 11) is 0. The molecule has 1 heterocycles. The van der Waals surface area contributed by atoms with E-state index in [4.69, 9.17) is 9.15 Å². The van der Waals surface area contributed by atoms with Gasteiger partial charge in [0.25, 0.3) is 0 Å². The van der Waals surface area contributed by atoms with Crippen molar-refractivity contribution in [1.82, 2.24) is 5.43 Å². The minimum atomic E-state index is -0.393. The minimum Gasteiger partial charge on any atom is -0.488 e. The van der Waals surface area contributed by atoms with Gasteiger partial charge in [0.2, 0.25) is 0 Å². The molecule has 0 saturated carbocycles. The maximum atomic E-state index is 12.2. The monoisotopic (exact) mass is 510 g/mol. The molecule has 3 aromatic carbocycles. The number of hydrogen-bond acceptors (Lipinski definition) is 4. The van der Waals surface area contributed by atoms with Crippen LogP contribution in [0.3, 0.4) is 0 Å². The Morgan fingerprint density at radius 3 is 2.67 bits per heavy atom. The Kier molecular flexibility index (Phi) is 6.13. The SMILES string of the molecule is Cc1ccc(COc2ccc(/C=N/NC(=O)c3cc4ccccc4o3)cc2I)cc1. The van der Waals surface area contributed by atoms with Crippen LogP contribution < -0.4 is 10.2 Å². The van der Waals surface area contributed by atoms with Gasteiger partial charge in [-0.25, -0.2) is 5.43 Å². The fraction of sp³-hybridized carbons (Fsp3) is 0.0833. The van der Waals surface area contributed by atoms with Gasteiger partial charge in [-0.05, 0) is 71.0 Å². The summed E-state index contributed by atoms with van der Waals surface area (Å²) >= 11 is 2.23. The van der Waals surface area contributed by atoms with Crippen molar-refractivity contribution in [3.63, 3.8) is 0 Å². The molecule has 0 fully saturated rings. The lowest BCUT2D eigenvalue weighted by Gasteiger charge is -2.09. The zero-order valence-electron chi connectivity index (χ0n) is 16.3. The van der Waals surface area contributed by atoms with Gasteiger partial charge in [0, 0.05) is 5.39 Å². The Labute approximate surface area is 187 Å². The number of amides is 1. The zero-order chi connectivity index (χ0) is 20.9. The average Bonchev–Trinajstić information content (AvgIpc) is 3.19. The summed E-state index contributed by atoms with van der Waals surface area (Å²) in [6.45, 7) is 2.57. The molecule has 6 heteroatoms. The van der Waals surface area contributed by atoms with E-state index in [1.165, 1.54) is 5.56 Å². The zero-order valence-corrected chi connectivity index (χ0v) is 18.4. The number of carbonyl (C=O) groups is 1. The molecule has 0 bridgehead atoms. The summed E-state index contributed by atoms with van der Waals surface area (Å²) in [4.78, 5) is 12.2. The highest BCUT2D eigenvalue weighted by atomic mass is 127. The summed E-state index contributed by atoms with van der Waals surface area (Å²) in [6.07, 6.45) is 1.59. The number of aryl methyl sites for hydroxylation is 1. The second kappa shape index (κ2) is 9.13. The summed E-state index contributed by atoms with van der Waals surface area (Å²) in [5.74, 6) is 0.637. The molecule has 4 rings (SSSR count). The van der Waals surface area contributed by atoms with Gasteiger partial charge in [-0.1, -0.05) is 48.0 Å². The lowest BCUT2D eigenvalue weighted by molar-refractivity contribution is 0.0929. The van der Waals surface area contributed by atoms with Crippen LogP contribution in [-0.2, 0) is 6.61 Å². The van der Waals surface area contributed by atoms with Crippen LogP contribution in [0.1, 0.15) is 27.2 Å². The van der Waals surface area contributed by atoms with Gasteiger partial charge in [0.05, 0.1) is 9.78 Å². The van der Waals surface area contributed by atoms with E-state index in [1.807, 2.05) is 42.5 Å². The number of para-hydroxylation sites is 1. The first kappa shape index (κ1) is 20.2. The number of fused-ring (bicyclic) bond motifs is 1. The van der Waals surface area contributed by atoms with Gasteiger partial charge in [0.15, 0.2) is 5.76 Å². The van der Waals surface area contributed by atoms with Crippen molar-refractivity contribution in [3.05, 3.63) is 98.8 Å². The Morgan fingerprint density at radius 2 is 1.90 bits per heavy atom. The van der Waals surface area contributed by atoms with Crippen LogP contribution in [0.5, 0.6) is 5.75 Å². The van der Waals surface area contributed by atoms with E-state index >= 15 is 0 Å². The molecule has 0 radical (unpaired) electrons. The minimum absolute atomic E-state index is 0.225. The highest BCUT2D eigenvalue weighted by molar-refractivity contribution is 14.1. The van der Waals surface area contributed by atoms with Crippen molar-refractivity contribution < 1.29 is 13.9 Å². The number of nitrogens with one attached hydrogen (secondary N) is 1. The highest BCUT2D eigenvalue weighted by Crippen LogP contribution is 2.23. The van der Waals surface area contributed by atoms with Crippen LogP contribution in [0, 0.1) is 10.5 Å². The molecule has 0 spiro atoms. The van der Waals surface area contributed by atoms with Gasteiger partial charge in [-0.3, -0.25) is 4.79 Å². The van der Waals surface area contributed by atoms with Gasteiger partial charge < -0.3 is 9.15 Å². The number of benzene rings is 3. The molecule has 150 valence electrons. The first-order valence-corrected chi connectivity index (χ1v) is 10.5. The fourth-order valence-corrected chi connectivity index (χ4v) is 3.57. The quantitative estimate of drug-likeness (QED) is 0.206. The molecule has 0 unspecified atom stereocenters. The third-order valence-corrected chi connectivity index (χ3v) is 5.34. The molecule has 0 atom stereocenters. The Hall–Kier alpha value is -3.13. The molecule has 5 nitrogen and oxygen atoms in total. The van der Waals surface area contributed by atoms with E-state index in [0.717, 1.165) is 25.8 Å². The number of rotatable bonds is 6. The van der Waals surface area contributed by atoms with E-state index in [-0.39, 0.29) is 5.76 Å². The van der Waals surface area contributed by atoms with Crippen LogP contribution in [0.25, 0.3) is 11.0 Å². The molecule has 30 heavy (non-hydrogen) atoms. The number of halogens is 1. The van der Waals surface area contributed by atoms with Gasteiger partial charge in [-0.15, -0.1) is 0 Å². The molecule has 1 N–H and O–H groups in total. The lowest BCUT2D eigenvalue weighted by Crippen LogP contribution is -2.16. The molecule has 1 aromatic heterocycles. The Morgan fingerprint density at radius 1 is 1.10 bits per heavy atom. The second-order valence-corrected chi connectivity index (χ2v) is 7.97. The fourth-order valence-electron chi connectivity index (χ4n) is 2.87. The number of ether oxygens (including phenoxy) is 1. The Balaban J connectivity index is 1.36. The molecule has 4 aromatic rings. The summed E-state index contributed by atoms with van der Waals surface area (Å²) in [5, 5.41) is 4.91. The maximum Gasteiger partial charge on any atom is 0.307 e. The van der Waals surface area contributed by atoms with Gasteiger partial charge >= 0.3 is 5.91 Å². The van der Waals surface area contributed by atoms with E-state index in [2.05, 4.69) is 64.3 Å². The number of furan rings is 1. The highest BCUT2D eigenvalue weighted by Gasteiger charge is 2.11. The summed E-state index contributed by atoms with van der Waals surface area (Å²) in [5.41, 5.74) is 6.37. The van der Waals surface area contributed by atoms with Crippen molar-refractivity contribution in [2.45, 2.75) is 13.5 Å². The molecule has 0 aliphatic heterocycles. The smallest absolute Gasteiger partial charge is 0.307 e. The van der Waals surface area contributed by atoms with Crippen molar-refractivity contribution >= 4 is 45.7 Å². The largest absolute Gasteiger partial charge is 0.488 e. The molecular weight excluding hydrogens is 491 g/mol. The van der Waals surface area contributed by atoms with E-state index in [0.29, 0.717) is 12.2 Å². The Bertz CT molecular complexity index is 1180. The van der Waals surface area contributed by atoms with Crippen LogP contribution in [-0.4, -0.2) is 12.1 Å². The number of hydrogen-bond donors (Lipinski definition) is 1. The van der Waals surface area contributed by atoms with E-state index in [9.17, 15) is 4.79 Å². The van der Waals surface area contributed by atoms with Crippen LogP contribution in [0.2, 0.25) is 0 Å². The number of carbonyl (C=O) groups excluding carboxylic acids is 1. The first-order valence-electron chi connectivity index (χ1n) is 9.38. The topological polar surface area (TPSA) is 63.8 Å². The predicted molar refractivity (Wildman–Crippen MR) is 126 cm³/mol. The summed E-state index contributed by atoms with van der Waals surface area (Å²) in [6, 6.07) is 23.2. The predicted octanol–water partition coefficient (Wildman–Crippen LogP) is 5.69. The third-order valence-electron chi connectivity index (χ3n) is 4.50. The van der Waals surface area contributed by atoms with E-state index in [1.54, 1.807) is 12.3 Å². The van der Waals surface area contributed by atoms with Crippen molar-refractivity contribution in [3.8, 4) is 5.75 Å². The normalized spacial score (nSPS) is 11.1. The summed E-state index contributed by atoms with van der Waals surface area (Å²) < 4.78 is 12.4. The van der Waals surface area contributed by atoms with E-state index < -0.39 is 5.91 Å². The molecule has 1 amide bonds. The maximum absolute atomic E-state index is 12.2. The molecular formula is C24H19IN2O3. The molecule has 0 aliphatic carbocycles. The molecule has 0 saturated heterocycles. The number of nitrogens with zero attached hydrogens (tertiary/aromatic N) is 1. The van der Waals surface area contributed by atoms with Crippen LogP contribution in [0.15, 0.2) is 82.3 Å². The van der Waals surface area contributed by atoms with Crippen LogP contribution >= 0.6 is 22.6 Å². The number of hydrazone groups is 1. The standard InChI is InChI=1S/C24H19IN2O3/c1-16-6-8-17(9-7-16)15-29-22-11-10-18(12-20(22)25)14-26-27-24(28)23-13-19-4-2-3-5-21(19)30-23/h2-14H,15H2,1H3,(H,27,28)/b26-14+. The first-order chi connectivity index (χ1) is 14.6. The average molecular weight is 510 g/mol. The van der Waals surface area contributed by atoms with Gasteiger partial charge in [0.1, 0.15) is 17.9 Å². The third kappa shape index (κ3) is 4.88. The lowest BCUT2D eigenvalue weighted by atomic mass is 10.2. The van der Waals surface area contributed by atoms with Crippen molar-refractivity contribution in [2.24, 2.45) is 5.10 Å². The van der Waals surface area contributed by atoms with Crippen molar-refractivity contribution in [1.29, 1.82) is 0 Å². The molecule has 0 aliphatic rings. The van der Waals surface area contributed by atoms with Crippen LogP contribution in [0.4, 0.5) is 0 Å². The second-order valence-electron chi connectivity index (χ2n) is 6.81. The van der Waals surface area contributed by atoms with Crippen molar-refractivity contribution in [2.75, 3.05) is 0 Å². The van der Waals surface area contributed by atoms with Gasteiger partial charge in [-0.2, -0.15) is 5.10 Å².